The van der Waals surface area contributed by atoms with E-state index in [1.807, 2.05) is 27.0 Å². The number of amides is 1. The van der Waals surface area contributed by atoms with E-state index in [2.05, 4.69) is 34.1 Å². The minimum atomic E-state index is -0.00564. The molecule has 1 amide bonds. The number of pyridine rings is 1. The maximum atomic E-state index is 12.9. The SMILES string of the molecule is Cc1cc(C(=O)NC2CCN(CC(C)C)CC2)c2c(C)nn(C)c2n1. The van der Waals surface area contributed by atoms with Crippen molar-refractivity contribution < 1.29 is 4.79 Å². The second-order valence-corrected chi connectivity index (χ2v) is 7.66. The molecular weight excluding hydrogens is 314 g/mol. The standard InChI is InChI=1S/C19H29N5O/c1-12(2)11-24-8-6-15(7-9-24)21-19(25)16-10-13(3)20-18-17(16)14(4)22-23(18)5/h10,12,15H,6-9,11H2,1-5H3,(H,21,25). The van der Waals surface area contributed by atoms with E-state index in [0.29, 0.717) is 11.5 Å². The first-order valence-corrected chi connectivity index (χ1v) is 9.19. The van der Waals surface area contributed by atoms with Crippen molar-refractivity contribution in [2.24, 2.45) is 13.0 Å². The molecule has 0 saturated carbocycles. The zero-order valence-electron chi connectivity index (χ0n) is 16.0. The van der Waals surface area contributed by atoms with Crippen LogP contribution in [-0.4, -0.2) is 51.2 Å². The minimum absolute atomic E-state index is 0.00564. The van der Waals surface area contributed by atoms with Crippen LogP contribution < -0.4 is 5.32 Å². The van der Waals surface area contributed by atoms with E-state index in [4.69, 9.17) is 0 Å². The van der Waals surface area contributed by atoms with E-state index in [1.165, 1.54) is 0 Å². The van der Waals surface area contributed by atoms with E-state index in [0.717, 1.165) is 54.9 Å². The van der Waals surface area contributed by atoms with Crippen molar-refractivity contribution in [3.8, 4) is 0 Å². The fourth-order valence-electron chi connectivity index (χ4n) is 3.79. The fourth-order valence-corrected chi connectivity index (χ4v) is 3.79. The predicted octanol–water partition coefficient (Wildman–Crippen LogP) is 2.44. The third-order valence-corrected chi connectivity index (χ3v) is 4.89. The van der Waals surface area contributed by atoms with Crippen LogP contribution in [0.1, 0.15) is 48.4 Å². The molecule has 6 nitrogen and oxygen atoms in total. The van der Waals surface area contributed by atoms with Crippen LogP contribution in [0.5, 0.6) is 0 Å². The van der Waals surface area contributed by atoms with Gasteiger partial charge >= 0.3 is 0 Å². The van der Waals surface area contributed by atoms with Crippen LogP contribution >= 0.6 is 0 Å². The Morgan fingerprint density at radius 3 is 2.64 bits per heavy atom. The summed E-state index contributed by atoms with van der Waals surface area (Å²) in [5.41, 5.74) is 3.15. The number of likely N-dealkylation sites (tertiary alicyclic amines) is 1. The van der Waals surface area contributed by atoms with Gasteiger partial charge in [0.15, 0.2) is 5.65 Å². The Hall–Kier alpha value is -1.95. The maximum Gasteiger partial charge on any atom is 0.252 e. The summed E-state index contributed by atoms with van der Waals surface area (Å²) in [5.74, 6) is 0.682. The van der Waals surface area contributed by atoms with Gasteiger partial charge in [0.1, 0.15) is 0 Å². The monoisotopic (exact) mass is 343 g/mol. The molecule has 3 heterocycles. The number of carbonyl (C=O) groups is 1. The molecule has 2 aromatic rings. The van der Waals surface area contributed by atoms with E-state index in [1.54, 1.807) is 4.68 Å². The van der Waals surface area contributed by atoms with Gasteiger partial charge in [0, 0.05) is 38.4 Å². The highest BCUT2D eigenvalue weighted by Gasteiger charge is 2.23. The number of hydrogen-bond donors (Lipinski definition) is 1. The number of piperidine rings is 1. The quantitative estimate of drug-likeness (QED) is 0.926. The molecule has 3 rings (SSSR count). The number of aromatic nitrogens is 3. The molecule has 0 spiro atoms. The maximum absolute atomic E-state index is 12.9. The third kappa shape index (κ3) is 3.84. The number of aryl methyl sites for hydroxylation is 3. The second kappa shape index (κ2) is 7.12. The Balaban J connectivity index is 1.73. The van der Waals surface area contributed by atoms with Crippen LogP contribution in [0.2, 0.25) is 0 Å². The molecule has 1 aliphatic heterocycles. The molecule has 1 fully saturated rings. The number of nitrogens with zero attached hydrogens (tertiary/aromatic N) is 4. The highest BCUT2D eigenvalue weighted by Crippen LogP contribution is 2.22. The highest BCUT2D eigenvalue weighted by atomic mass is 16.1. The van der Waals surface area contributed by atoms with Crippen LogP contribution in [-0.2, 0) is 7.05 Å². The van der Waals surface area contributed by atoms with Crippen LogP contribution in [0.15, 0.2) is 6.07 Å². The number of rotatable bonds is 4. The summed E-state index contributed by atoms with van der Waals surface area (Å²) in [5, 5.41) is 8.52. The second-order valence-electron chi connectivity index (χ2n) is 7.66. The molecule has 0 atom stereocenters. The molecular formula is C19H29N5O. The molecule has 0 aliphatic carbocycles. The topological polar surface area (TPSA) is 63.1 Å². The Kier molecular flexibility index (Phi) is 5.08. The summed E-state index contributed by atoms with van der Waals surface area (Å²) < 4.78 is 1.75. The van der Waals surface area contributed by atoms with Gasteiger partial charge in [-0.25, -0.2) is 4.98 Å². The van der Waals surface area contributed by atoms with Crippen LogP contribution in [0.25, 0.3) is 11.0 Å². The Bertz CT molecular complexity index is 772. The summed E-state index contributed by atoms with van der Waals surface area (Å²) in [6, 6.07) is 2.12. The Morgan fingerprint density at radius 2 is 2.00 bits per heavy atom. The smallest absolute Gasteiger partial charge is 0.252 e. The minimum Gasteiger partial charge on any atom is -0.349 e. The van der Waals surface area contributed by atoms with Gasteiger partial charge in [0.25, 0.3) is 5.91 Å². The molecule has 1 aliphatic rings. The Labute approximate surface area is 149 Å². The number of carbonyl (C=O) groups excluding carboxylic acids is 1. The molecule has 1 saturated heterocycles. The summed E-state index contributed by atoms with van der Waals surface area (Å²) in [6.07, 6.45) is 2.02. The highest BCUT2D eigenvalue weighted by molar-refractivity contribution is 6.06. The van der Waals surface area contributed by atoms with Crippen LogP contribution in [0.3, 0.4) is 0 Å². The molecule has 136 valence electrons. The zero-order valence-corrected chi connectivity index (χ0v) is 16.0. The van der Waals surface area contributed by atoms with Crippen molar-refractivity contribution in [3.05, 3.63) is 23.0 Å². The molecule has 6 heteroatoms. The van der Waals surface area contributed by atoms with Gasteiger partial charge in [-0.05, 0) is 38.7 Å². The van der Waals surface area contributed by atoms with Crippen molar-refractivity contribution in [1.29, 1.82) is 0 Å². The predicted molar refractivity (Wildman–Crippen MR) is 99.7 cm³/mol. The lowest BCUT2D eigenvalue weighted by Gasteiger charge is -2.33. The van der Waals surface area contributed by atoms with Crippen molar-refractivity contribution in [1.82, 2.24) is 25.0 Å². The molecule has 0 radical (unpaired) electrons. The largest absolute Gasteiger partial charge is 0.349 e. The molecule has 2 aromatic heterocycles. The van der Waals surface area contributed by atoms with E-state index in [9.17, 15) is 4.79 Å². The molecule has 0 aromatic carbocycles. The average Bonchev–Trinajstić information content (AvgIpc) is 2.82. The van der Waals surface area contributed by atoms with E-state index < -0.39 is 0 Å². The molecule has 1 N–H and O–H groups in total. The van der Waals surface area contributed by atoms with E-state index in [-0.39, 0.29) is 11.9 Å². The summed E-state index contributed by atoms with van der Waals surface area (Å²) in [6.45, 7) is 11.6. The van der Waals surface area contributed by atoms with Gasteiger partial charge in [0.05, 0.1) is 16.6 Å². The van der Waals surface area contributed by atoms with E-state index >= 15 is 0 Å². The third-order valence-electron chi connectivity index (χ3n) is 4.89. The lowest BCUT2D eigenvalue weighted by molar-refractivity contribution is 0.0908. The van der Waals surface area contributed by atoms with Crippen molar-refractivity contribution in [2.75, 3.05) is 19.6 Å². The average molecular weight is 343 g/mol. The molecule has 25 heavy (non-hydrogen) atoms. The fraction of sp³-hybridized carbons (Fsp3) is 0.632. The van der Waals surface area contributed by atoms with Gasteiger partial charge in [-0.2, -0.15) is 5.10 Å². The van der Waals surface area contributed by atoms with Crippen molar-refractivity contribution >= 4 is 16.9 Å². The summed E-state index contributed by atoms with van der Waals surface area (Å²) >= 11 is 0. The lowest BCUT2D eigenvalue weighted by Crippen LogP contribution is -2.45. The van der Waals surface area contributed by atoms with Gasteiger partial charge in [-0.3, -0.25) is 9.48 Å². The van der Waals surface area contributed by atoms with Gasteiger partial charge in [-0.15, -0.1) is 0 Å². The first-order valence-electron chi connectivity index (χ1n) is 9.19. The summed E-state index contributed by atoms with van der Waals surface area (Å²) in [4.78, 5) is 19.9. The normalized spacial score (nSPS) is 16.7. The lowest BCUT2D eigenvalue weighted by atomic mass is 10.0. The molecule has 0 unspecified atom stereocenters. The van der Waals surface area contributed by atoms with Crippen LogP contribution in [0, 0.1) is 19.8 Å². The number of hydrogen-bond acceptors (Lipinski definition) is 4. The zero-order chi connectivity index (χ0) is 18.1. The number of fused-ring (bicyclic) bond motifs is 1. The first-order chi connectivity index (χ1) is 11.8. The molecule has 0 bridgehead atoms. The first kappa shape index (κ1) is 17.9. The van der Waals surface area contributed by atoms with Crippen molar-refractivity contribution in [2.45, 2.75) is 46.6 Å². The van der Waals surface area contributed by atoms with Crippen molar-refractivity contribution in [3.63, 3.8) is 0 Å². The summed E-state index contributed by atoms with van der Waals surface area (Å²) in [7, 11) is 1.87. The van der Waals surface area contributed by atoms with Gasteiger partial charge in [0.2, 0.25) is 0 Å². The van der Waals surface area contributed by atoms with Crippen LogP contribution in [0.4, 0.5) is 0 Å². The Morgan fingerprint density at radius 1 is 1.32 bits per heavy atom. The van der Waals surface area contributed by atoms with Gasteiger partial charge < -0.3 is 10.2 Å². The van der Waals surface area contributed by atoms with Gasteiger partial charge in [-0.1, -0.05) is 13.8 Å². The number of nitrogens with one attached hydrogen (secondary N) is 1.